The number of nitrogens with zero attached hydrogens (tertiary/aromatic N) is 1. The first-order valence-corrected chi connectivity index (χ1v) is 6.22. The van der Waals surface area contributed by atoms with Gasteiger partial charge in [0, 0.05) is 13.0 Å². The van der Waals surface area contributed by atoms with Crippen LogP contribution in [0.5, 0.6) is 0 Å². The van der Waals surface area contributed by atoms with Gasteiger partial charge in [0.25, 0.3) is 0 Å². The number of aliphatic hydroxyl groups excluding tert-OH is 1. The molecule has 0 aliphatic carbocycles. The monoisotopic (exact) mass is 231 g/mol. The van der Waals surface area contributed by atoms with Gasteiger partial charge in [0.1, 0.15) is 0 Å². The van der Waals surface area contributed by atoms with E-state index < -0.39 is 0 Å². The Morgan fingerprint density at radius 2 is 2.27 bits per heavy atom. The molecule has 1 aliphatic heterocycles. The van der Waals surface area contributed by atoms with Crippen LogP contribution in [0.2, 0.25) is 0 Å². The summed E-state index contributed by atoms with van der Waals surface area (Å²) in [7, 11) is 0. The lowest BCUT2D eigenvalue weighted by atomic mass is 10.0. The number of hydrogen-bond donors (Lipinski definition) is 2. The third-order valence-corrected chi connectivity index (χ3v) is 3.41. The third-order valence-electron chi connectivity index (χ3n) is 2.89. The van der Waals surface area contributed by atoms with E-state index in [0.717, 1.165) is 18.7 Å². The number of thiol groups is 1. The highest BCUT2D eigenvalue weighted by Crippen LogP contribution is 2.23. The molecular weight excluding hydrogens is 210 g/mol. The van der Waals surface area contributed by atoms with Crippen LogP contribution < -0.4 is 0 Å². The molecule has 4 heteroatoms. The van der Waals surface area contributed by atoms with Crippen molar-refractivity contribution >= 4 is 18.5 Å². The molecule has 0 aromatic heterocycles. The van der Waals surface area contributed by atoms with Crippen LogP contribution in [0.3, 0.4) is 0 Å². The molecule has 88 valence electrons. The maximum atomic E-state index is 11.7. The van der Waals surface area contributed by atoms with E-state index in [2.05, 4.69) is 26.5 Å². The summed E-state index contributed by atoms with van der Waals surface area (Å²) in [6.45, 7) is 5.06. The van der Waals surface area contributed by atoms with Crippen molar-refractivity contribution in [1.82, 2.24) is 4.90 Å². The topological polar surface area (TPSA) is 40.5 Å². The molecule has 1 fully saturated rings. The first-order valence-electron chi connectivity index (χ1n) is 5.59. The Labute approximate surface area is 97.3 Å². The fourth-order valence-electron chi connectivity index (χ4n) is 2.13. The van der Waals surface area contributed by atoms with E-state index in [-0.39, 0.29) is 18.6 Å². The zero-order valence-electron chi connectivity index (χ0n) is 9.52. The summed E-state index contributed by atoms with van der Waals surface area (Å²) in [6.07, 6.45) is 1.47. The lowest BCUT2D eigenvalue weighted by Gasteiger charge is -2.27. The first-order chi connectivity index (χ1) is 7.08. The number of hydrogen-bond acceptors (Lipinski definition) is 3. The second-order valence-electron chi connectivity index (χ2n) is 4.76. The van der Waals surface area contributed by atoms with Gasteiger partial charge in [-0.2, -0.15) is 12.6 Å². The molecule has 0 aromatic carbocycles. The molecule has 0 bridgehead atoms. The summed E-state index contributed by atoms with van der Waals surface area (Å²) >= 11 is 4.22. The second kappa shape index (κ2) is 5.75. The molecule has 1 heterocycles. The predicted octanol–water partition coefficient (Wildman–Crippen LogP) is 1.17. The Morgan fingerprint density at radius 3 is 2.67 bits per heavy atom. The van der Waals surface area contributed by atoms with E-state index in [1.54, 1.807) is 0 Å². The molecule has 2 atom stereocenters. The molecule has 1 aliphatic rings. The molecule has 15 heavy (non-hydrogen) atoms. The number of amides is 1. The van der Waals surface area contributed by atoms with Gasteiger partial charge in [-0.15, -0.1) is 0 Å². The van der Waals surface area contributed by atoms with E-state index in [9.17, 15) is 9.90 Å². The summed E-state index contributed by atoms with van der Waals surface area (Å²) in [6, 6.07) is 0.00221. The van der Waals surface area contributed by atoms with Crippen molar-refractivity contribution in [2.75, 3.05) is 18.9 Å². The van der Waals surface area contributed by atoms with Crippen LogP contribution in [0.4, 0.5) is 0 Å². The van der Waals surface area contributed by atoms with Gasteiger partial charge in [0.15, 0.2) is 0 Å². The minimum absolute atomic E-state index is 0.00221. The highest BCUT2D eigenvalue weighted by atomic mass is 32.1. The molecule has 1 rings (SSSR count). The van der Waals surface area contributed by atoms with E-state index >= 15 is 0 Å². The molecule has 0 spiro atoms. The first kappa shape index (κ1) is 12.8. The normalized spacial score (nSPS) is 23.9. The van der Waals surface area contributed by atoms with Crippen molar-refractivity contribution in [3.63, 3.8) is 0 Å². The third kappa shape index (κ3) is 3.38. The van der Waals surface area contributed by atoms with E-state index in [1.165, 1.54) is 0 Å². The standard InChI is InChI=1S/C11H21NO2S/c1-8(2)3-10(6-13)12-5-9(7-15)4-11(12)14/h8-10,13,15H,3-7H2,1-2H3/t9?,10-/m0/s1. The molecule has 1 saturated heterocycles. The van der Waals surface area contributed by atoms with Crippen molar-refractivity contribution in [3.8, 4) is 0 Å². The number of carbonyl (C=O) groups is 1. The van der Waals surface area contributed by atoms with Crippen LogP contribution in [0.15, 0.2) is 0 Å². The lowest BCUT2D eigenvalue weighted by Crippen LogP contribution is -2.40. The Bertz CT molecular complexity index is 221. The van der Waals surface area contributed by atoms with Gasteiger partial charge < -0.3 is 10.0 Å². The summed E-state index contributed by atoms with van der Waals surface area (Å²) in [5.74, 6) is 1.79. The van der Waals surface area contributed by atoms with Gasteiger partial charge in [-0.1, -0.05) is 13.8 Å². The molecular formula is C11H21NO2S. The van der Waals surface area contributed by atoms with Gasteiger partial charge >= 0.3 is 0 Å². The Hall–Kier alpha value is -0.220. The average molecular weight is 231 g/mol. The van der Waals surface area contributed by atoms with Crippen LogP contribution in [0, 0.1) is 11.8 Å². The molecule has 1 unspecified atom stereocenters. The Kier molecular flexibility index (Phi) is 4.93. The van der Waals surface area contributed by atoms with Gasteiger partial charge in [-0.05, 0) is 24.0 Å². The van der Waals surface area contributed by atoms with E-state index in [1.807, 2.05) is 4.90 Å². The SMILES string of the molecule is CC(C)C[C@@H](CO)N1CC(CS)CC1=O. The number of likely N-dealkylation sites (tertiary alicyclic amines) is 1. The zero-order chi connectivity index (χ0) is 11.4. The maximum absolute atomic E-state index is 11.7. The highest BCUT2D eigenvalue weighted by Gasteiger charge is 2.33. The molecule has 0 saturated carbocycles. The van der Waals surface area contributed by atoms with Crippen LogP contribution in [-0.2, 0) is 4.79 Å². The minimum atomic E-state index is 0.00221. The van der Waals surface area contributed by atoms with Crippen molar-refractivity contribution < 1.29 is 9.90 Å². The van der Waals surface area contributed by atoms with Crippen LogP contribution in [-0.4, -0.2) is 40.9 Å². The van der Waals surface area contributed by atoms with Crippen LogP contribution >= 0.6 is 12.6 Å². The second-order valence-corrected chi connectivity index (χ2v) is 5.13. The Morgan fingerprint density at radius 1 is 1.60 bits per heavy atom. The smallest absolute Gasteiger partial charge is 0.223 e. The maximum Gasteiger partial charge on any atom is 0.223 e. The zero-order valence-corrected chi connectivity index (χ0v) is 10.4. The van der Waals surface area contributed by atoms with Gasteiger partial charge in [-0.25, -0.2) is 0 Å². The summed E-state index contributed by atoms with van der Waals surface area (Å²) in [5, 5.41) is 9.30. The molecule has 1 N–H and O–H groups in total. The fourth-order valence-corrected chi connectivity index (χ4v) is 2.37. The number of aliphatic hydroxyl groups is 1. The minimum Gasteiger partial charge on any atom is -0.394 e. The molecule has 1 amide bonds. The van der Waals surface area contributed by atoms with Crippen LogP contribution in [0.1, 0.15) is 26.7 Å². The molecule has 0 radical (unpaired) electrons. The Balaban J connectivity index is 2.57. The largest absolute Gasteiger partial charge is 0.394 e. The summed E-state index contributed by atoms with van der Waals surface area (Å²) in [5.41, 5.74) is 0. The predicted molar refractivity (Wildman–Crippen MR) is 64.0 cm³/mol. The van der Waals surface area contributed by atoms with Crippen molar-refractivity contribution in [1.29, 1.82) is 0 Å². The van der Waals surface area contributed by atoms with E-state index in [4.69, 9.17) is 0 Å². The average Bonchev–Trinajstić information content (AvgIpc) is 2.56. The number of rotatable bonds is 5. The van der Waals surface area contributed by atoms with Gasteiger partial charge in [0.2, 0.25) is 5.91 Å². The number of carbonyl (C=O) groups excluding carboxylic acids is 1. The van der Waals surface area contributed by atoms with Crippen molar-refractivity contribution in [2.24, 2.45) is 11.8 Å². The van der Waals surface area contributed by atoms with Crippen molar-refractivity contribution in [2.45, 2.75) is 32.7 Å². The quantitative estimate of drug-likeness (QED) is 0.697. The van der Waals surface area contributed by atoms with E-state index in [0.29, 0.717) is 18.3 Å². The highest BCUT2D eigenvalue weighted by molar-refractivity contribution is 7.80. The van der Waals surface area contributed by atoms with Gasteiger partial charge in [-0.3, -0.25) is 4.79 Å². The lowest BCUT2D eigenvalue weighted by molar-refractivity contribution is -0.130. The fraction of sp³-hybridized carbons (Fsp3) is 0.909. The summed E-state index contributed by atoms with van der Waals surface area (Å²) < 4.78 is 0. The van der Waals surface area contributed by atoms with Crippen LogP contribution in [0.25, 0.3) is 0 Å². The van der Waals surface area contributed by atoms with Gasteiger partial charge in [0.05, 0.1) is 12.6 Å². The van der Waals surface area contributed by atoms with Crippen molar-refractivity contribution in [3.05, 3.63) is 0 Å². The molecule has 3 nitrogen and oxygen atoms in total. The molecule has 0 aromatic rings. The summed E-state index contributed by atoms with van der Waals surface area (Å²) in [4.78, 5) is 13.5.